The van der Waals surface area contributed by atoms with Crippen molar-refractivity contribution in [3.63, 3.8) is 0 Å². The van der Waals surface area contributed by atoms with Crippen molar-refractivity contribution in [1.82, 2.24) is 18.4 Å². The first-order valence-corrected chi connectivity index (χ1v) is 41.5. The molecule has 9 aromatic carbocycles. The molecule has 0 saturated heterocycles. The number of carboxylic acids is 2. The number of aliphatic hydroxyl groups excluding tert-OH is 2. The van der Waals surface area contributed by atoms with E-state index in [1.54, 1.807) is 123 Å². The van der Waals surface area contributed by atoms with Gasteiger partial charge in [0.15, 0.2) is 11.5 Å². The number of halogens is 3. The molecule has 0 bridgehead atoms. The standard InChI is InChI=1S/C24H24ClNO.C20H19NO4.C15H13Cl2NO.C15H13N3O4S.C14H20O.C9H8O4/c1-16(27)13-20-22(18-9-11-19(25)12-10-18)23(17-7-5-4-6-8-17)21-14-24(2,3)15-26(20)21;1-12-4-6-14(7-5-12)20(24)21-13(2)16(11-19(22)23)17-10-15(25-3)8-9-18(17)21;1-10(19)9-11-5-2-3-8-14(11)18-15-12(16)6-4-7-13(15)17;1-18-13(15(20)17-12-8-4-5-9-16-12)14(19)10-6-2-3-7-11(10)23(18,21)22;1-10(2)9-13-5-7-14(8-6-13)11(3)12(4)15;1-6(10)13-8-5-3-2-4-7(8)9(11)12/h4-12H,13-15H2,1-3H3;4-10H,11H2,1-3H3,(H,22,23);2-8,18H,9H2,1H3;2-9,19H,1H3,(H,16,17,20);5-8,10-11,15H,4,9H2,1-3H3;2-5H,1H3,(H,11,12). The molecule has 1 unspecified atom stereocenters. The summed E-state index contributed by atoms with van der Waals surface area (Å²) in [5.74, 6) is -1.74. The zero-order valence-electron chi connectivity index (χ0n) is 69.7. The number of carboxylic acid groups (broad SMARTS) is 2. The molecular weight excluding hydrogens is 1630 g/mol. The first-order valence-electron chi connectivity index (χ1n) is 39.0. The number of amides is 1. The van der Waals surface area contributed by atoms with Crippen molar-refractivity contribution in [2.75, 3.05) is 24.8 Å². The number of aryl methyl sites for hydroxylation is 1. The molecule has 0 saturated carbocycles. The van der Waals surface area contributed by atoms with Gasteiger partial charge in [-0.1, -0.05) is 215 Å². The van der Waals surface area contributed by atoms with Crippen molar-refractivity contribution >= 4 is 120 Å². The Bertz CT molecular complexity index is 5970. The molecule has 122 heavy (non-hydrogen) atoms. The first-order chi connectivity index (χ1) is 57.9. The van der Waals surface area contributed by atoms with Gasteiger partial charge in [0.05, 0.1) is 45.4 Å². The number of aromatic nitrogens is 3. The molecule has 0 fully saturated rings. The Labute approximate surface area is 725 Å². The minimum atomic E-state index is -3.91. The van der Waals surface area contributed by atoms with Crippen LogP contribution in [0.5, 0.6) is 11.5 Å². The Morgan fingerprint density at radius 3 is 1.87 bits per heavy atom. The second kappa shape index (κ2) is 41.9. The van der Waals surface area contributed by atoms with E-state index in [-0.39, 0.29) is 74.3 Å². The number of esters is 1. The van der Waals surface area contributed by atoms with Crippen LogP contribution in [0.2, 0.25) is 15.1 Å². The number of pyridine rings is 1. The predicted octanol–water partition coefficient (Wildman–Crippen LogP) is 21.6. The number of Topliss-reactive ketones (excluding diaryl/α,β-unsaturated/α-hetero) is 2. The predicted molar refractivity (Wildman–Crippen MR) is 482 cm³/mol. The maximum absolute atomic E-state index is 13.0. The lowest BCUT2D eigenvalue weighted by Crippen LogP contribution is -2.37. The van der Waals surface area contributed by atoms with Gasteiger partial charge in [0.1, 0.15) is 34.4 Å². The molecule has 632 valence electrons. The third-order valence-electron chi connectivity index (χ3n) is 19.8. The maximum Gasteiger partial charge on any atom is 0.339 e. The lowest BCUT2D eigenvalue weighted by Gasteiger charge is -2.28. The number of aliphatic hydroxyl groups is 2. The summed E-state index contributed by atoms with van der Waals surface area (Å²) in [5.41, 5.74) is 15.6. The highest BCUT2D eigenvalue weighted by atomic mass is 35.5. The number of likely N-dealkylation sites (N-methyl/N-ethyl adjacent to an activating group) is 1. The average molecular weight is 1730 g/mol. The van der Waals surface area contributed by atoms with Gasteiger partial charge in [-0.3, -0.25) is 37.6 Å². The molecule has 3 aromatic heterocycles. The van der Waals surface area contributed by atoms with Crippen LogP contribution in [0.25, 0.3) is 38.9 Å². The summed E-state index contributed by atoms with van der Waals surface area (Å²) in [7, 11) is -1.13. The number of allylic oxidation sites excluding steroid dienone is 1. The number of hydrogen-bond donors (Lipinski definition) is 6. The Kier molecular flexibility index (Phi) is 31.9. The fraction of sp³-hybridized carbons (Fsp3) is 0.216. The number of benzene rings is 9. The van der Waals surface area contributed by atoms with Gasteiger partial charge in [-0.2, -0.15) is 0 Å². The number of ether oxygens (including phenoxy) is 2. The number of carbonyl (C=O) groups excluding carboxylic acids is 5. The Balaban J connectivity index is 0.000000169. The highest BCUT2D eigenvalue weighted by Crippen LogP contribution is 2.48. The molecule has 14 rings (SSSR count). The summed E-state index contributed by atoms with van der Waals surface area (Å²) in [6, 6.07) is 69.4. The second-order valence-corrected chi connectivity index (χ2v) is 33.6. The monoisotopic (exact) mass is 1720 g/mol. The molecule has 25 heteroatoms. The van der Waals surface area contributed by atoms with Gasteiger partial charge in [-0.25, -0.2) is 18.2 Å². The minimum Gasteiger partial charge on any atom is -0.512 e. The number of anilines is 3. The molecule has 12 aromatic rings. The largest absolute Gasteiger partial charge is 0.512 e. The number of sulfonamides is 1. The average Bonchev–Trinajstić information content (AvgIpc) is 1.49. The van der Waals surface area contributed by atoms with Crippen LogP contribution in [-0.2, 0) is 72.6 Å². The van der Waals surface area contributed by atoms with Crippen LogP contribution in [-0.4, -0.2) is 103 Å². The second-order valence-electron chi connectivity index (χ2n) is 30.4. The maximum atomic E-state index is 13.0. The molecule has 0 radical (unpaired) electrons. The number of nitrogens with zero attached hydrogens (tertiary/aromatic N) is 4. The van der Waals surface area contributed by atoms with Gasteiger partial charge in [-0.15, -0.1) is 0 Å². The summed E-state index contributed by atoms with van der Waals surface area (Å²) in [6.07, 6.45) is 4.29. The van der Waals surface area contributed by atoms with Gasteiger partial charge in [0.2, 0.25) is 0 Å². The molecule has 1 atom stereocenters. The summed E-state index contributed by atoms with van der Waals surface area (Å²) >= 11 is 18.4. The van der Waals surface area contributed by atoms with E-state index in [0.717, 1.165) is 67.7 Å². The van der Waals surface area contributed by atoms with E-state index in [1.165, 1.54) is 72.4 Å². The Morgan fingerprint density at radius 2 is 1.27 bits per heavy atom. The number of methoxy groups -OCH3 is 1. The summed E-state index contributed by atoms with van der Waals surface area (Å²) < 4.78 is 39.7. The molecule has 0 spiro atoms. The van der Waals surface area contributed by atoms with Crippen LogP contribution in [0, 0.1) is 25.2 Å². The van der Waals surface area contributed by atoms with E-state index >= 15 is 0 Å². The number of para-hydroxylation sites is 3. The van der Waals surface area contributed by atoms with E-state index < -0.39 is 39.6 Å². The number of nitrogens with one attached hydrogen (secondary N) is 2. The van der Waals surface area contributed by atoms with Crippen molar-refractivity contribution in [2.24, 2.45) is 11.3 Å². The number of carbonyl (C=O) groups is 7. The van der Waals surface area contributed by atoms with Crippen LogP contribution in [0.4, 0.5) is 17.2 Å². The van der Waals surface area contributed by atoms with Crippen molar-refractivity contribution < 1.29 is 71.9 Å². The number of rotatable bonds is 20. The van der Waals surface area contributed by atoms with E-state index in [9.17, 15) is 57.3 Å². The van der Waals surface area contributed by atoms with Crippen LogP contribution in [0.3, 0.4) is 0 Å². The molecule has 2 aliphatic heterocycles. The highest BCUT2D eigenvalue weighted by molar-refractivity contribution is 7.89. The third kappa shape index (κ3) is 23.8. The molecule has 6 N–H and O–H groups in total. The number of hydrogen-bond acceptors (Lipinski definition) is 15. The fourth-order valence-corrected chi connectivity index (χ4v) is 16.0. The minimum absolute atomic E-state index is 0.0160. The van der Waals surface area contributed by atoms with Crippen LogP contribution < -0.4 is 20.1 Å². The third-order valence-corrected chi connectivity index (χ3v) is 22.5. The number of fused-ring (bicyclic) bond motifs is 3. The number of aromatic carboxylic acids is 1. The number of ketones is 2. The van der Waals surface area contributed by atoms with Gasteiger partial charge < -0.3 is 45.1 Å². The Morgan fingerprint density at radius 1 is 0.664 bits per heavy atom. The summed E-state index contributed by atoms with van der Waals surface area (Å²) in [6.45, 7) is 23.7. The molecule has 0 aliphatic carbocycles. The van der Waals surface area contributed by atoms with E-state index in [4.69, 9.17) is 44.6 Å². The fourth-order valence-electron chi connectivity index (χ4n) is 14.0. The Hall–Kier alpha value is -12.9. The molecule has 1 amide bonds. The molecular formula is C97H97Cl3N6O15S. The normalized spacial score (nSPS) is 12.7. The SMILES string of the molecule is C=C(O)C(C)c1ccc(CC(C)C)cc1.CC(=O)Cc1c(-c2ccc(Cl)cc2)c(-c2ccccc2)c2n1CC(C)(C)C2.CC(=O)Cc1ccccc1Nc1c(Cl)cccc1Cl.CC(=O)Oc1ccccc1C(=O)O.CN1C(C(=O)Nc2ccccn2)=C(O)c2ccccc2S1(=O)=O.COc1ccc2c(c1)c(CC(=O)O)c(C)n2C(=O)c1ccc(C)cc1. The topological polar surface area (TPSA) is 303 Å². The van der Waals surface area contributed by atoms with Crippen LogP contribution in [0.15, 0.2) is 260 Å². The van der Waals surface area contributed by atoms with E-state index in [0.29, 0.717) is 62.6 Å². The molecule has 21 nitrogen and oxygen atoms in total. The van der Waals surface area contributed by atoms with Crippen molar-refractivity contribution in [2.45, 2.75) is 119 Å². The van der Waals surface area contributed by atoms with Gasteiger partial charge >= 0.3 is 17.9 Å². The van der Waals surface area contributed by atoms with Crippen molar-refractivity contribution in [3.05, 3.63) is 331 Å². The smallest absolute Gasteiger partial charge is 0.339 e. The van der Waals surface area contributed by atoms with E-state index in [1.807, 2.05) is 68.4 Å². The van der Waals surface area contributed by atoms with Crippen molar-refractivity contribution in [1.29, 1.82) is 0 Å². The van der Waals surface area contributed by atoms with Crippen LogP contribution >= 0.6 is 34.8 Å². The van der Waals surface area contributed by atoms with Gasteiger partial charge in [0, 0.05) is 101 Å². The molecule has 5 heterocycles. The highest BCUT2D eigenvalue weighted by Gasteiger charge is 2.39. The molecule has 2 aliphatic rings. The van der Waals surface area contributed by atoms with Crippen molar-refractivity contribution in [3.8, 4) is 33.8 Å². The van der Waals surface area contributed by atoms with Gasteiger partial charge in [-0.05, 0) is 182 Å². The lowest BCUT2D eigenvalue weighted by atomic mass is 9.86. The lowest BCUT2D eigenvalue weighted by molar-refractivity contribution is -0.136. The summed E-state index contributed by atoms with van der Waals surface area (Å²) in [4.78, 5) is 85.2. The van der Waals surface area contributed by atoms with E-state index in [2.05, 4.69) is 120 Å². The quantitative estimate of drug-likeness (QED) is 0.0235. The summed E-state index contributed by atoms with van der Waals surface area (Å²) in [5, 5.41) is 45.8. The van der Waals surface area contributed by atoms with Gasteiger partial charge in [0.25, 0.3) is 21.8 Å². The zero-order chi connectivity index (χ0) is 89.0. The number of aliphatic carboxylic acids is 1. The van der Waals surface area contributed by atoms with Crippen LogP contribution in [0.1, 0.15) is 132 Å². The zero-order valence-corrected chi connectivity index (χ0v) is 72.8. The first kappa shape index (κ1) is 93.0.